The van der Waals surface area contributed by atoms with Crippen molar-refractivity contribution in [3.63, 3.8) is 0 Å². The fourth-order valence-electron chi connectivity index (χ4n) is 5.88. The highest BCUT2D eigenvalue weighted by atomic mass is 16.5. The summed E-state index contributed by atoms with van der Waals surface area (Å²) < 4.78 is 5.44. The van der Waals surface area contributed by atoms with Gasteiger partial charge in [-0.15, -0.1) is 0 Å². The smallest absolute Gasteiger partial charge is 0.235 e. The van der Waals surface area contributed by atoms with E-state index in [0.717, 1.165) is 72.7 Å². The largest absolute Gasteiger partial charge is 0.379 e. The van der Waals surface area contributed by atoms with E-state index in [1.54, 1.807) is 0 Å². The predicted octanol–water partition coefficient (Wildman–Crippen LogP) is 4.94. The molecule has 3 aromatic carbocycles. The summed E-state index contributed by atoms with van der Waals surface area (Å²) in [5, 5.41) is 11.9. The molecule has 2 fully saturated rings. The van der Waals surface area contributed by atoms with Gasteiger partial charge >= 0.3 is 0 Å². The Hall–Kier alpha value is -3.74. The van der Waals surface area contributed by atoms with Crippen LogP contribution in [-0.2, 0) is 21.5 Å². The first kappa shape index (κ1) is 21.5. The first-order valence-electron chi connectivity index (χ1n) is 12.7. The molecule has 2 atom stereocenters. The van der Waals surface area contributed by atoms with Gasteiger partial charge in [0.15, 0.2) is 0 Å². The molecule has 1 aliphatic carbocycles. The highest BCUT2D eigenvalue weighted by molar-refractivity contribution is 6.09. The van der Waals surface area contributed by atoms with E-state index in [0.29, 0.717) is 0 Å². The molecule has 0 bridgehead atoms. The Balaban J connectivity index is 1.08. The number of hydrogen-bond acceptors (Lipinski definition) is 4. The Kier molecular flexibility index (Phi) is 5.04. The zero-order valence-electron chi connectivity index (χ0n) is 20.0. The molecule has 1 unspecified atom stereocenters. The van der Waals surface area contributed by atoms with Gasteiger partial charge in [-0.2, -0.15) is 5.10 Å². The van der Waals surface area contributed by atoms with Crippen molar-refractivity contribution in [1.29, 1.82) is 0 Å². The Morgan fingerprint density at radius 3 is 2.72 bits per heavy atom. The number of anilines is 1. The van der Waals surface area contributed by atoms with Crippen LogP contribution in [-0.4, -0.2) is 47.3 Å². The maximum Gasteiger partial charge on any atom is 0.235 e. The van der Waals surface area contributed by atoms with Crippen LogP contribution in [0, 0.1) is 0 Å². The number of aromatic nitrogens is 2. The summed E-state index contributed by atoms with van der Waals surface area (Å²) in [6, 6.07) is 23.2. The zero-order valence-corrected chi connectivity index (χ0v) is 20.0. The van der Waals surface area contributed by atoms with Gasteiger partial charge in [-0.1, -0.05) is 60.7 Å². The van der Waals surface area contributed by atoms with Gasteiger partial charge < -0.3 is 10.1 Å². The lowest BCUT2D eigenvalue weighted by atomic mass is 9.92. The number of carbonyl (C=O) groups is 1. The molecule has 36 heavy (non-hydrogen) atoms. The van der Waals surface area contributed by atoms with Gasteiger partial charge in [0, 0.05) is 36.6 Å². The number of H-pyrrole nitrogens is 1. The molecule has 3 heterocycles. The van der Waals surface area contributed by atoms with Gasteiger partial charge in [0.2, 0.25) is 5.91 Å². The number of para-hydroxylation sites is 1. The number of nitrogens with one attached hydrogen (secondary N) is 2. The van der Waals surface area contributed by atoms with Crippen molar-refractivity contribution < 1.29 is 9.53 Å². The maximum atomic E-state index is 12.9. The maximum absolute atomic E-state index is 12.9. The van der Waals surface area contributed by atoms with Gasteiger partial charge in [0.05, 0.1) is 29.8 Å². The summed E-state index contributed by atoms with van der Waals surface area (Å²) in [4.78, 5) is 15.3. The molecular formula is C30H28N4O2. The first-order chi connectivity index (χ1) is 17.7. The monoisotopic (exact) mass is 476 g/mol. The molecule has 6 heteroatoms. The van der Waals surface area contributed by atoms with Gasteiger partial charge in [-0.25, -0.2) is 0 Å². The summed E-state index contributed by atoms with van der Waals surface area (Å²) in [6.45, 7) is 4.61. The van der Waals surface area contributed by atoms with Gasteiger partial charge in [-0.3, -0.25) is 14.8 Å². The molecule has 1 saturated heterocycles. The third-order valence-corrected chi connectivity index (χ3v) is 7.96. The van der Waals surface area contributed by atoms with E-state index in [1.807, 2.05) is 18.2 Å². The number of hydrogen-bond donors (Lipinski definition) is 2. The first-order valence-corrected chi connectivity index (χ1v) is 12.7. The van der Waals surface area contributed by atoms with E-state index >= 15 is 0 Å². The van der Waals surface area contributed by atoms with Crippen LogP contribution in [0.1, 0.15) is 40.3 Å². The number of morpholine rings is 1. The van der Waals surface area contributed by atoms with Crippen molar-refractivity contribution in [2.45, 2.75) is 24.3 Å². The van der Waals surface area contributed by atoms with Gasteiger partial charge in [0.25, 0.3) is 0 Å². The Morgan fingerprint density at radius 1 is 1.03 bits per heavy atom. The molecule has 4 aromatic rings. The Labute approximate surface area is 210 Å². The SMILES string of the molecule is O=C1Nc2ccccc2[C@]12CC2c1ccc2c(/C=C/c3ccc(CN4CCOCC4)cc3)n[nH]c2c1. The normalized spacial score (nSPS) is 23.4. The fourth-order valence-corrected chi connectivity index (χ4v) is 5.88. The van der Waals surface area contributed by atoms with Crippen molar-refractivity contribution >= 4 is 34.6 Å². The minimum Gasteiger partial charge on any atom is -0.379 e. The quantitative estimate of drug-likeness (QED) is 0.428. The second-order valence-electron chi connectivity index (χ2n) is 10.1. The van der Waals surface area contributed by atoms with Crippen LogP contribution in [0.2, 0.25) is 0 Å². The summed E-state index contributed by atoms with van der Waals surface area (Å²) in [7, 11) is 0. The van der Waals surface area contributed by atoms with Crippen LogP contribution in [0.25, 0.3) is 23.1 Å². The third-order valence-electron chi connectivity index (χ3n) is 7.96. The zero-order chi connectivity index (χ0) is 24.1. The van der Waals surface area contributed by atoms with Crippen molar-refractivity contribution in [2.24, 2.45) is 0 Å². The lowest BCUT2D eigenvalue weighted by Gasteiger charge is -2.26. The molecular weight excluding hydrogens is 448 g/mol. The Morgan fingerprint density at radius 2 is 1.86 bits per heavy atom. The van der Waals surface area contributed by atoms with E-state index in [4.69, 9.17) is 4.74 Å². The number of ether oxygens (including phenoxy) is 1. The van der Waals surface area contributed by atoms with Gasteiger partial charge in [-0.05, 0) is 46.9 Å². The molecule has 3 aliphatic rings. The summed E-state index contributed by atoms with van der Waals surface area (Å²) in [5.41, 5.74) is 7.25. The van der Waals surface area contributed by atoms with Crippen LogP contribution >= 0.6 is 0 Å². The van der Waals surface area contributed by atoms with Crippen molar-refractivity contribution in [2.75, 3.05) is 31.6 Å². The number of carbonyl (C=O) groups excluding carboxylic acids is 1. The topological polar surface area (TPSA) is 70.2 Å². The number of benzene rings is 3. The lowest BCUT2D eigenvalue weighted by molar-refractivity contribution is -0.118. The summed E-state index contributed by atoms with van der Waals surface area (Å²) >= 11 is 0. The number of fused-ring (bicyclic) bond motifs is 3. The number of nitrogens with zero attached hydrogens (tertiary/aromatic N) is 2. The minimum atomic E-state index is -0.416. The van der Waals surface area contributed by atoms with Crippen molar-refractivity contribution in [3.05, 3.63) is 94.7 Å². The molecule has 6 nitrogen and oxygen atoms in total. The number of amides is 1. The number of rotatable bonds is 5. The number of aromatic amines is 1. The molecule has 1 spiro atoms. The molecule has 1 amide bonds. The van der Waals surface area contributed by atoms with Crippen LogP contribution < -0.4 is 5.32 Å². The van der Waals surface area contributed by atoms with Crippen LogP contribution in [0.5, 0.6) is 0 Å². The fraction of sp³-hybridized carbons (Fsp3) is 0.267. The lowest BCUT2D eigenvalue weighted by Crippen LogP contribution is -2.35. The van der Waals surface area contributed by atoms with E-state index in [2.05, 4.69) is 81.1 Å². The van der Waals surface area contributed by atoms with Crippen LogP contribution in [0.4, 0.5) is 5.69 Å². The standard InChI is InChI=1S/C30H28N4O2/c35-29-30(24-3-1-2-4-27(24)31-29)18-25(30)22-10-11-23-26(32-33-28(23)17-22)12-9-20-5-7-21(8-6-20)19-34-13-15-36-16-14-34/h1-12,17,25H,13-16,18-19H2,(H,31,35)(H,32,33)/b12-9+/t25?,30-/m0/s1. The highest BCUT2D eigenvalue weighted by Crippen LogP contribution is 2.64. The average Bonchev–Trinajstić information content (AvgIpc) is 3.45. The molecule has 0 radical (unpaired) electrons. The molecule has 1 aromatic heterocycles. The molecule has 2 N–H and O–H groups in total. The molecule has 7 rings (SSSR count). The second kappa shape index (κ2) is 8.43. The predicted molar refractivity (Wildman–Crippen MR) is 142 cm³/mol. The van der Waals surface area contributed by atoms with E-state index in [1.165, 1.54) is 11.1 Å². The highest BCUT2D eigenvalue weighted by Gasteiger charge is 2.65. The van der Waals surface area contributed by atoms with E-state index in [9.17, 15) is 4.79 Å². The van der Waals surface area contributed by atoms with Crippen molar-refractivity contribution in [1.82, 2.24) is 15.1 Å². The molecule has 2 aliphatic heterocycles. The third kappa shape index (κ3) is 3.56. The second-order valence-corrected chi connectivity index (χ2v) is 10.1. The van der Waals surface area contributed by atoms with Crippen LogP contribution in [0.3, 0.4) is 0 Å². The molecule has 1 saturated carbocycles. The summed E-state index contributed by atoms with van der Waals surface area (Å²) in [6.07, 6.45) is 5.02. The Bertz CT molecular complexity index is 1480. The van der Waals surface area contributed by atoms with E-state index in [-0.39, 0.29) is 11.8 Å². The van der Waals surface area contributed by atoms with Gasteiger partial charge in [0.1, 0.15) is 0 Å². The van der Waals surface area contributed by atoms with Crippen molar-refractivity contribution in [3.8, 4) is 0 Å². The minimum absolute atomic E-state index is 0.123. The summed E-state index contributed by atoms with van der Waals surface area (Å²) in [5.74, 6) is 0.321. The molecule has 180 valence electrons. The van der Waals surface area contributed by atoms with Crippen LogP contribution in [0.15, 0.2) is 66.7 Å². The average molecular weight is 477 g/mol. The van der Waals surface area contributed by atoms with E-state index < -0.39 is 5.41 Å².